The van der Waals surface area contributed by atoms with Crippen LogP contribution in [0, 0.1) is 0 Å². The second-order valence-corrected chi connectivity index (χ2v) is 6.65. The third-order valence-corrected chi connectivity index (χ3v) is 4.57. The van der Waals surface area contributed by atoms with Crippen LogP contribution in [0.3, 0.4) is 0 Å². The molecule has 1 N–H and O–H groups in total. The average molecular weight is 366 g/mol. The van der Waals surface area contributed by atoms with Crippen molar-refractivity contribution >= 4 is 11.6 Å². The van der Waals surface area contributed by atoms with Gasteiger partial charge >= 0.3 is 0 Å². The lowest BCUT2D eigenvalue weighted by Gasteiger charge is -2.17. The fourth-order valence-electron chi connectivity index (χ4n) is 3.05. The largest absolute Gasteiger partial charge is 0.349 e. The van der Waals surface area contributed by atoms with E-state index >= 15 is 0 Å². The van der Waals surface area contributed by atoms with Crippen molar-refractivity contribution in [1.82, 2.24) is 29.8 Å². The third-order valence-electron chi connectivity index (χ3n) is 4.57. The number of aromatic nitrogens is 4. The molecule has 27 heavy (non-hydrogen) atoms. The molecule has 142 valence electrons. The topological polar surface area (TPSA) is 75.4 Å². The molecule has 1 amide bonds. The minimum Gasteiger partial charge on any atom is -0.349 e. The van der Waals surface area contributed by atoms with Gasteiger partial charge in [-0.3, -0.25) is 14.7 Å². The monoisotopic (exact) mass is 366 g/mol. The van der Waals surface area contributed by atoms with Gasteiger partial charge in [-0.1, -0.05) is 19.9 Å². The smallest absolute Gasteiger partial charge is 0.256 e. The molecule has 1 atom stereocenters. The first kappa shape index (κ1) is 19.0. The Labute approximate surface area is 159 Å². The molecule has 0 aliphatic heterocycles. The molecule has 0 spiro atoms. The Kier molecular flexibility index (Phi) is 6.13. The molecule has 7 heteroatoms. The quantitative estimate of drug-likeness (QED) is 0.662. The highest BCUT2D eigenvalue weighted by Crippen LogP contribution is 2.11. The average Bonchev–Trinajstić information content (AvgIpc) is 3.10. The number of hydrogen-bond donors (Lipinski definition) is 1. The van der Waals surface area contributed by atoms with E-state index in [4.69, 9.17) is 0 Å². The van der Waals surface area contributed by atoms with Crippen LogP contribution in [0.1, 0.15) is 42.4 Å². The summed E-state index contributed by atoms with van der Waals surface area (Å²) >= 11 is 0. The van der Waals surface area contributed by atoms with Crippen LogP contribution in [0.25, 0.3) is 5.65 Å². The number of carbonyl (C=O) groups is 1. The second kappa shape index (κ2) is 8.73. The first-order chi connectivity index (χ1) is 13.1. The predicted octanol–water partition coefficient (Wildman–Crippen LogP) is 2.33. The van der Waals surface area contributed by atoms with Crippen molar-refractivity contribution in [3.05, 3.63) is 59.8 Å². The third kappa shape index (κ3) is 4.68. The number of nitrogens with one attached hydrogen (secondary N) is 1. The Morgan fingerprint density at radius 2 is 2.04 bits per heavy atom. The number of amides is 1. The van der Waals surface area contributed by atoms with Gasteiger partial charge < -0.3 is 5.32 Å². The lowest BCUT2D eigenvalue weighted by molar-refractivity contribution is 0.0941. The molecule has 0 saturated carbocycles. The minimum absolute atomic E-state index is 0.0377. The molecule has 3 heterocycles. The van der Waals surface area contributed by atoms with Gasteiger partial charge in [-0.25, -0.2) is 9.50 Å². The molecule has 0 saturated heterocycles. The number of hydrogen-bond acceptors (Lipinski definition) is 5. The van der Waals surface area contributed by atoms with E-state index in [-0.39, 0.29) is 11.9 Å². The molecule has 0 unspecified atom stereocenters. The number of rotatable bonds is 8. The van der Waals surface area contributed by atoms with Gasteiger partial charge in [-0.2, -0.15) is 5.10 Å². The summed E-state index contributed by atoms with van der Waals surface area (Å²) in [6.07, 6.45) is 7.77. The Bertz CT molecular complexity index is 888. The Morgan fingerprint density at radius 3 is 2.74 bits per heavy atom. The molecule has 0 aliphatic rings. The number of fused-ring (bicyclic) bond motifs is 1. The molecule has 3 rings (SSSR count). The van der Waals surface area contributed by atoms with Gasteiger partial charge in [0, 0.05) is 48.9 Å². The van der Waals surface area contributed by atoms with E-state index in [9.17, 15) is 4.79 Å². The van der Waals surface area contributed by atoms with Crippen molar-refractivity contribution in [1.29, 1.82) is 0 Å². The molecule has 0 fully saturated rings. The summed E-state index contributed by atoms with van der Waals surface area (Å²) in [5.74, 6) is -0.169. The number of pyridine rings is 1. The maximum Gasteiger partial charge on any atom is 0.256 e. The predicted molar refractivity (Wildman–Crippen MR) is 104 cm³/mol. The van der Waals surface area contributed by atoms with Gasteiger partial charge in [-0.15, -0.1) is 0 Å². The highest BCUT2D eigenvalue weighted by molar-refractivity contribution is 5.99. The van der Waals surface area contributed by atoms with Crippen LogP contribution in [-0.4, -0.2) is 49.5 Å². The van der Waals surface area contributed by atoms with Crippen LogP contribution in [0.5, 0.6) is 0 Å². The van der Waals surface area contributed by atoms with Crippen molar-refractivity contribution in [3.8, 4) is 0 Å². The van der Waals surface area contributed by atoms with Gasteiger partial charge in [0.1, 0.15) is 5.56 Å². The lowest BCUT2D eigenvalue weighted by atomic mass is 10.1. The zero-order valence-electron chi connectivity index (χ0n) is 16.1. The summed E-state index contributed by atoms with van der Waals surface area (Å²) in [6.45, 7) is 9.02. The highest BCUT2D eigenvalue weighted by Gasteiger charge is 2.17. The van der Waals surface area contributed by atoms with Crippen LogP contribution < -0.4 is 5.32 Å². The first-order valence-electron chi connectivity index (χ1n) is 9.36. The van der Waals surface area contributed by atoms with E-state index in [1.807, 2.05) is 37.5 Å². The van der Waals surface area contributed by atoms with Gasteiger partial charge in [0.2, 0.25) is 0 Å². The minimum atomic E-state index is -0.169. The molecule has 0 aliphatic carbocycles. The van der Waals surface area contributed by atoms with E-state index < -0.39 is 0 Å². The van der Waals surface area contributed by atoms with Gasteiger partial charge in [0.15, 0.2) is 5.65 Å². The summed E-state index contributed by atoms with van der Waals surface area (Å²) < 4.78 is 1.68. The van der Waals surface area contributed by atoms with Gasteiger partial charge in [0.25, 0.3) is 5.91 Å². The fourth-order valence-corrected chi connectivity index (χ4v) is 3.05. The van der Waals surface area contributed by atoms with Crippen LogP contribution in [0.4, 0.5) is 0 Å². The van der Waals surface area contributed by atoms with Crippen molar-refractivity contribution in [2.75, 3.05) is 13.1 Å². The normalized spacial score (nSPS) is 12.4. The van der Waals surface area contributed by atoms with Crippen molar-refractivity contribution in [2.24, 2.45) is 0 Å². The maximum absolute atomic E-state index is 12.6. The zero-order valence-corrected chi connectivity index (χ0v) is 16.1. The molecular formula is C20H26N6O. The van der Waals surface area contributed by atoms with E-state index in [0.29, 0.717) is 17.6 Å². The summed E-state index contributed by atoms with van der Waals surface area (Å²) in [4.78, 5) is 23.7. The summed E-state index contributed by atoms with van der Waals surface area (Å²) in [5, 5.41) is 7.32. The molecular weight excluding hydrogens is 340 g/mol. The van der Waals surface area contributed by atoms with Crippen molar-refractivity contribution in [2.45, 2.75) is 39.8 Å². The highest BCUT2D eigenvalue weighted by atomic mass is 16.1. The van der Waals surface area contributed by atoms with Crippen LogP contribution in [0.15, 0.2) is 43.0 Å². The molecule has 3 aromatic heterocycles. The first-order valence-corrected chi connectivity index (χ1v) is 9.36. The van der Waals surface area contributed by atoms with Crippen molar-refractivity contribution < 1.29 is 4.79 Å². The maximum atomic E-state index is 12.6. The Morgan fingerprint density at radius 1 is 1.22 bits per heavy atom. The standard InChI is InChI=1S/C20H26N6O/c1-4-25(5-2)13-16-11-22-19-18(12-23-26(19)14-16)20(27)24-15(3)10-17-8-6-7-9-21-17/h6-9,11-12,14-15H,4-5,10,13H2,1-3H3,(H,24,27)/t15-/m0/s1. The molecule has 0 aromatic carbocycles. The number of carbonyl (C=O) groups excluding carboxylic acids is 1. The van der Waals surface area contributed by atoms with Gasteiger partial charge in [-0.05, 0) is 32.1 Å². The summed E-state index contributed by atoms with van der Waals surface area (Å²) in [5.41, 5.74) is 3.08. The lowest BCUT2D eigenvalue weighted by Crippen LogP contribution is -2.34. The summed E-state index contributed by atoms with van der Waals surface area (Å²) in [7, 11) is 0. The Balaban J connectivity index is 1.69. The van der Waals surface area contributed by atoms with E-state index in [1.54, 1.807) is 16.9 Å². The van der Waals surface area contributed by atoms with E-state index in [1.165, 1.54) is 0 Å². The fraction of sp³-hybridized carbons (Fsp3) is 0.400. The molecule has 3 aromatic rings. The van der Waals surface area contributed by atoms with Crippen LogP contribution in [-0.2, 0) is 13.0 Å². The molecule has 7 nitrogen and oxygen atoms in total. The van der Waals surface area contributed by atoms with E-state index in [2.05, 4.69) is 39.1 Å². The Hall–Kier alpha value is -2.80. The summed E-state index contributed by atoms with van der Waals surface area (Å²) in [6, 6.07) is 5.74. The molecule has 0 bridgehead atoms. The zero-order chi connectivity index (χ0) is 19.2. The van der Waals surface area contributed by atoms with Gasteiger partial charge in [0.05, 0.1) is 6.20 Å². The second-order valence-electron chi connectivity index (χ2n) is 6.65. The van der Waals surface area contributed by atoms with Crippen molar-refractivity contribution in [3.63, 3.8) is 0 Å². The molecule has 0 radical (unpaired) electrons. The SMILES string of the molecule is CCN(CC)Cc1cnc2c(C(=O)N[C@@H](C)Cc3ccccn3)cnn2c1. The van der Waals surface area contributed by atoms with Crippen LogP contribution in [0.2, 0.25) is 0 Å². The van der Waals surface area contributed by atoms with E-state index in [0.717, 1.165) is 30.9 Å². The number of nitrogens with zero attached hydrogens (tertiary/aromatic N) is 5. The van der Waals surface area contributed by atoms with Crippen LogP contribution >= 0.6 is 0 Å².